The van der Waals surface area contributed by atoms with Crippen LogP contribution in [0.15, 0.2) is 24.3 Å². The maximum atomic E-state index is 12.0. The predicted octanol–water partition coefficient (Wildman–Crippen LogP) is 1.43. The summed E-state index contributed by atoms with van der Waals surface area (Å²) in [6, 6.07) is 7.74. The SMILES string of the molecule is COc1ccc(CC(=O)N(C)C(C)CCN)cc1. The van der Waals surface area contributed by atoms with Gasteiger partial charge in [0.25, 0.3) is 0 Å². The highest BCUT2D eigenvalue weighted by Crippen LogP contribution is 2.13. The Morgan fingerprint density at radius 3 is 2.50 bits per heavy atom. The molecule has 0 aliphatic rings. The molecule has 1 aromatic rings. The lowest BCUT2D eigenvalue weighted by Crippen LogP contribution is -2.37. The molecule has 0 spiro atoms. The molecule has 0 saturated heterocycles. The summed E-state index contributed by atoms with van der Waals surface area (Å²) in [5.74, 6) is 0.914. The van der Waals surface area contributed by atoms with E-state index in [4.69, 9.17) is 10.5 Å². The largest absolute Gasteiger partial charge is 0.497 e. The number of benzene rings is 1. The van der Waals surface area contributed by atoms with Gasteiger partial charge in [-0.2, -0.15) is 0 Å². The Morgan fingerprint density at radius 2 is 2.00 bits per heavy atom. The average molecular weight is 250 g/mol. The number of carbonyl (C=O) groups excluding carboxylic acids is 1. The molecular weight excluding hydrogens is 228 g/mol. The van der Waals surface area contributed by atoms with Crippen molar-refractivity contribution in [3.63, 3.8) is 0 Å². The van der Waals surface area contributed by atoms with Gasteiger partial charge in [0, 0.05) is 13.1 Å². The third kappa shape index (κ3) is 4.04. The molecule has 0 radical (unpaired) electrons. The second-order valence-corrected chi connectivity index (χ2v) is 4.46. The molecule has 18 heavy (non-hydrogen) atoms. The predicted molar refractivity (Wildman–Crippen MR) is 72.6 cm³/mol. The summed E-state index contributed by atoms with van der Waals surface area (Å²) >= 11 is 0. The second-order valence-electron chi connectivity index (χ2n) is 4.46. The fraction of sp³-hybridized carbons (Fsp3) is 0.500. The standard InChI is InChI=1S/C14H22N2O2/c1-11(8-9-15)16(2)14(17)10-12-4-6-13(18-3)7-5-12/h4-7,11H,8-10,15H2,1-3H3. The van der Waals surface area contributed by atoms with E-state index in [1.54, 1.807) is 12.0 Å². The summed E-state index contributed by atoms with van der Waals surface area (Å²) in [6.07, 6.45) is 1.24. The topological polar surface area (TPSA) is 55.6 Å². The third-order valence-electron chi connectivity index (χ3n) is 3.15. The van der Waals surface area contributed by atoms with Crippen molar-refractivity contribution in [3.8, 4) is 5.75 Å². The maximum Gasteiger partial charge on any atom is 0.226 e. The van der Waals surface area contributed by atoms with Crippen molar-refractivity contribution in [2.45, 2.75) is 25.8 Å². The Morgan fingerprint density at radius 1 is 1.39 bits per heavy atom. The van der Waals surface area contributed by atoms with Crippen LogP contribution in [0.5, 0.6) is 5.75 Å². The molecule has 0 aromatic heterocycles. The van der Waals surface area contributed by atoms with E-state index in [2.05, 4.69) is 0 Å². The van der Waals surface area contributed by atoms with Gasteiger partial charge in [0.05, 0.1) is 13.5 Å². The summed E-state index contributed by atoms with van der Waals surface area (Å²) < 4.78 is 5.08. The lowest BCUT2D eigenvalue weighted by molar-refractivity contribution is -0.131. The zero-order chi connectivity index (χ0) is 13.5. The number of nitrogens with zero attached hydrogens (tertiary/aromatic N) is 1. The quantitative estimate of drug-likeness (QED) is 0.831. The maximum absolute atomic E-state index is 12.0. The van der Waals surface area contributed by atoms with Gasteiger partial charge in [-0.15, -0.1) is 0 Å². The molecule has 0 heterocycles. The van der Waals surface area contributed by atoms with Crippen LogP contribution in [0.4, 0.5) is 0 Å². The number of nitrogens with two attached hydrogens (primary N) is 1. The molecular formula is C14H22N2O2. The van der Waals surface area contributed by atoms with Gasteiger partial charge in [-0.3, -0.25) is 4.79 Å². The number of hydrogen-bond acceptors (Lipinski definition) is 3. The van der Waals surface area contributed by atoms with Crippen molar-refractivity contribution in [1.29, 1.82) is 0 Å². The molecule has 4 nitrogen and oxygen atoms in total. The molecule has 0 fully saturated rings. The third-order valence-corrected chi connectivity index (χ3v) is 3.15. The van der Waals surface area contributed by atoms with E-state index >= 15 is 0 Å². The highest BCUT2D eigenvalue weighted by Gasteiger charge is 2.15. The summed E-state index contributed by atoms with van der Waals surface area (Å²) in [4.78, 5) is 13.8. The number of rotatable bonds is 6. The molecule has 0 aliphatic heterocycles. The van der Waals surface area contributed by atoms with Crippen LogP contribution in [-0.4, -0.2) is 37.6 Å². The van der Waals surface area contributed by atoms with Crippen LogP contribution in [0.1, 0.15) is 18.9 Å². The molecule has 1 atom stereocenters. The van der Waals surface area contributed by atoms with Gasteiger partial charge < -0.3 is 15.4 Å². The number of ether oxygens (including phenoxy) is 1. The number of methoxy groups -OCH3 is 1. The van der Waals surface area contributed by atoms with Crippen LogP contribution >= 0.6 is 0 Å². The molecule has 4 heteroatoms. The van der Waals surface area contributed by atoms with E-state index in [1.807, 2.05) is 38.2 Å². The first-order valence-electron chi connectivity index (χ1n) is 6.17. The molecule has 0 aliphatic carbocycles. The van der Waals surface area contributed by atoms with Crippen LogP contribution in [0.2, 0.25) is 0 Å². The van der Waals surface area contributed by atoms with Gasteiger partial charge in [-0.1, -0.05) is 12.1 Å². The number of amides is 1. The minimum atomic E-state index is 0.112. The van der Waals surface area contributed by atoms with E-state index in [0.29, 0.717) is 13.0 Å². The minimum Gasteiger partial charge on any atom is -0.497 e. The molecule has 1 rings (SSSR count). The molecule has 1 unspecified atom stereocenters. The summed E-state index contributed by atoms with van der Waals surface area (Å²) in [5.41, 5.74) is 6.49. The monoisotopic (exact) mass is 250 g/mol. The van der Waals surface area contributed by atoms with E-state index in [-0.39, 0.29) is 11.9 Å². The zero-order valence-corrected chi connectivity index (χ0v) is 11.3. The smallest absolute Gasteiger partial charge is 0.226 e. The van der Waals surface area contributed by atoms with Crippen molar-refractivity contribution in [2.24, 2.45) is 5.73 Å². The lowest BCUT2D eigenvalue weighted by Gasteiger charge is -2.24. The second kappa shape index (κ2) is 7.01. The van der Waals surface area contributed by atoms with Crippen molar-refractivity contribution >= 4 is 5.91 Å². The first-order valence-corrected chi connectivity index (χ1v) is 6.17. The Balaban J connectivity index is 2.57. The molecule has 0 bridgehead atoms. The Bertz CT molecular complexity index is 376. The Labute approximate surface area is 109 Å². The first kappa shape index (κ1) is 14.5. The lowest BCUT2D eigenvalue weighted by atomic mass is 10.1. The Hall–Kier alpha value is -1.55. The van der Waals surface area contributed by atoms with Gasteiger partial charge in [-0.25, -0.2) is 0 Å². The molecule has 0 saturated carbocycles. The first-order chi connectivity index (χ1) is 8.58. The van der Waals surface area contributed by atoms with Gasteiger partial charge >= 0.3 is 0 Å². The highest BCUT2D eigenvalue weighted by molar-refractivity contribution is 5.78. The van der Waals surface area contributed by atoms with E-state index in [0.717, 1.165) is 17.7 Å². The van der Waals surface area contributed by atoms with Gasteiger partial charge in [-0.05, 0) is 37.6 Å². The van der Waals surface area contributed by atoms with Crippen LogP contribution < -0.4 is 10.5 Å². The van der Waals surface area contributed by atoms with Crippen molar-refractivity contribution in [1.82, 2.24) is 4.90 Å². The molecule has 100 valence electrons. The van der Waals surface area contributed by atoms with Crippen LogP contribution in [0, 0.1) is 0 Å². The highest BCUT2D eigenvalue weighted by atomic mass is 16.5. The van der Waals surface area contributed by atoms with Crippen molar-refractivity contribution in [3.05, 3.63) is 29.8 Å². The average Bonchev–Trinajstić information content (AvgIpc) is 2.39. The Kier molecular flexibility index (Phi) is 5.65. The number of likely N-dealkylation sites (N-methyl/N-ethyl adjacent to an activating group) is 1. The summed E-state index contributed by atoms with van der Waals surface area (Å²) in [6.45, 7) is 2.61. The normalized spacial score (nSPS) is 12.0. The van der Waals surface area contributed by atoms with Gasteiger partial charge in [0.1, 0.15) is 5.75 Å². The van der Waals surface area contributed by atoms with Crippen LogP contribution in [0.25, 0.3) is 0 Å². The van der Waals surface area contributed by atoms with Crippen molar-refractivity contribution in [2.75, 3.05) is 20.7 Å². The van der Waals surface area contributed by atoms with Crippen LogP contribution in [0.3, 0.4) is 0 Å². The summed E-state index contributed by atoms with van der Waals surface area (Å²) in [5, 5.41) is 0. The van der Waals surface area contributed by atoms with Gasteiger partial charge in [0.15, 0.2) is 0 Å². The fourth-order valence-electron chi connectivity index (χ4n) is 1.72. The van der Waals surface area contributed by atoms with E-state index in [1.165, 1.54) is 0 Å². The van der Waals surface area contributed by atoms with E-state index in [9.17, 15) is 4.79 Å². The summed E-state index contributed by atoms with van der Waals surface area (Å²) in [7, 11) is 3.45. The van der Waals surface area contributed by atoms with Crippen molar-refractivity contribution < 1.29 is 9.53 Å². The molecule has 1 amide bonds. The zero-order valence-electron chi connectivity index (χ0n) is 11.3. The van der Waals surface area contributed by atoms with Gasteiger partial charge in [0.2, 0.25) is 5.91 Å². The molecule has 2 N–H and O–H groups in total. The molecule has 1 aromatic carbocycles. The number of hydrogen-bond donors (Lipinski definition) is 1. The minimum absolute atomic E-state index is 0.112. The van der Waals surface area contributed by atoms with Crippen LogP contribution in [-0.2, 0) is 11.2 Å². The fourth-order valence-corrected chi connectivity index (χ4v) is 1.72. The number of carbonyl (C=O) groups is 1. The van der Waals surface area contributed by atoms with E-state index < -0.39 is 0 Å².